The smallest absolute Gasteiger partial charge is 0.210 e. The highest BCUT2D eigenvalue weighted by Gasteiger charge is 2.21. The number of hydrogen-bond acceptors (Lipinski definition) is 7. The van der Waals surface area contributed by atoms with Crippen LogP contribution < -0.4 is 10.1 Å². The first-order chi connectivity index (χ1) is 15.6. The highest BCUT2D eigenvalue weighted by Crippen LogP contribution is 2.32. The Balaban J connectivity index is 1.48. The number of nitrogens with one attached hydrogen (secondary N) is 1. The number of methoxy groups -OCH3 is 1. The topological polar surface area (TPSA) is 91.4 Å². The van der Waals surface area contributed by atoms with Gasteiger partial charge in [-0.3, -0.25) is 9.08 Å². The summed E-state index contributed by atoms with van der Waals surface area (Å²) in [7, 11) is 1.67. The fourth-order valence-corrected chi connectivity index (χ4v) is 4.28. The van der Waals surface area contributed by atoms with E-state index in [1.807, 2.05) is 18.5 Å². The Morgan fingerprint density at radius 1 is 1.28 bits per heavy atom. The Bertz CT molecular complexity index is 1300. The zero-order valence-electron chi connectivity index (χ0n) is 18.2. The molecule has 0 atom stereocenters. The monoisotopic (exact) mass is 437 g/mol. The number of fused-ring (bicyclic) bond motifs is 2. The summed E-state index contributed by atoms with van der Waals surface area (Å²) in [5, 5.41) is 16.3. The number of anilines is 1. The van der Waals surface area contributed by atoms with E-state index in [4.69, 9.17) is 9.47 Å². The first-order valence-corrected chi connectivity index (χ1v) is 10.5. The van der Waals surface area contributed by atoms with Crippen molar-refractivity contribution in [2.45, 2.75) is 33.4 Å². The van der Waals surface area contributed by atoms with E-state index in [-0.39, 0.29) is 12.4 Å². The molecule has 3 aromatic heterocycles. The Morgan fingerprint density at radius 2 is 2.16 bits per heavy atom. The Kier molecular flexibility index (Phi) is 5.22. The van der Waals surface area contributed by atoms with Gasteiger partial charge in [0.2, 0.25) is 5.95 Å². The minimum atomic E-state index is -0.256. The van der Waals surface area contributed by atoms with E-state index >= 15 is 0 Å². The van der Waals surface area contributed by atoms with Gasteiger partial charge in [0.1, 0.15) is 17.9 Å². The van der Waals surface area contributed by atoms with E-state index in [1.165, 1.54) is 6.07 Å². The molecule has 166 valence electrons. The largest absolute Gasteiger partial charge is 0.493 e. The third kappa shape index (κ3) is 3.36. The Morgan fingerprint density at radius 3 is 3.00 bits per heavy atom. The molecule has 0 saturated heterocycles. The number of aryl methyl sites for hydroxylation is 1. The molecule has 4 aromatic rings. The van der Waals surface area contributed by atoms with Crippen molar-refractivity contribution in [2.75, 3.05) is 25.6 Å². The number of aromatic nitrogens is 6. The van der Waals surface area contributed by atoms with Crippen molar-refractivity contribution < 1.29 is 13.9 Å². The van der Waals surface area contributed by atoms with Gasteiger partial charge in [-0.15, -0.1) is 10.2 Å². The standard InChI is InChI=1S/C22H24FN7O2/c1-13-20(14(2)30(28-13)7-9-31-3)17-11-25-22(29-12-26-27-21(17)29)24-10-16-15-6-8-32-19(15)5-4-18(16)23/h4-5,11-12H,6-10H2,1-3H3,(H,24,25). The molecule has 4 heterocycles. The molecule has 0 radical (unpaired) electrons. The van der Waals surface area contributed by atoms with Crippen LogP contribution in [-0.4, -0.2) is 49.7 Å². The van der Waals surface area contributed by atoms with Crippen LogP contribution in [0.2, 0.25) is 0 Å². The minimum absolute atomic E-state index is 0.256. The van der Waals surface area contributed by atoms with Crippen LogP contribution in [0.15, 0.2) is 24.7 Å². The fraction of sp³-hybridized carbons (Fsp3) is 0.364. The summed E-state index contributed by atoms with van der Waals surface area (Å²) in [5.41, 5.74) is 5.86. The first kappa shape index (κ1) is 20.4. The van der Waals surface area contributed by atoms with Crippen LogP contribution in [0.1, 0.15) is 22.5 Å². The van der Waals surface area contributed by atoms with E-state index in [9.17, 15) is 4.39 Å². The van der Waals surface area contributed by atoms with Crippen molar-refractivity contribution in [1.82, 2.24) is 29.4 Å². The lowest BCUT2D eigenvalue weighted by Gasteiger charge is -2.13. The summed E-state index contributed by atoms with van der Waals surface area (Å²) in [5.74, 6) is 1.03. The van der Waals surface area contributed by atoms with E-state index in [2.05, 4.69) is 25.6 Å². The fourth-order valence-electron chi connectivity index (χ4n) is 4.28. The predicted octanol–water partition coefficient (Wildman–Crippen LogP) is 2.94. The summed E-state index contributed by atoms with van der Waals surface area (Å²) in [6, 6.07) is 3.13. The van der Waals surface area contributed by atoms with Crippen LogP contribution in [0.3, 0.4) is 0 Å². The van der Waals surface area contributed by atoms with Gasteiger partial charge in [-0.2, -0.15) is 5.10 Å². The van der Waals surface area contributed by atoms with Gasteiger partial charge in [0.05, 0.1) is 25.5 Å². The lowest BCUT2D eigenvalue weighted by atomic mass is 10.0. The van der Waals surface area contributed by atoms with E-state index in [0.29, 0.717) is 43.3 Å². The summed E-state index contributed by atoms with van der Waals surface area (Å²) in [6.45, 7) is 6.08. The lowest BCUT2D eigenvalue weighted by Crippen LogP contribution is -2.10. The van der Waals surface area contributed by atoms with Gasteiger partial charge >= 0.3 is 0 Å². The molecule has 5 rings (SSSR count). The maximum atomic E-state index is 14.5. The first-order valence-electron chi connectivity index (χ1n) is 10.5. The molecule has 0 bridgehead atoms. The third-order valence-electron chi connectivity index (χ3n) is 5.85. The molecule has 0 saturated carbocycles. The van der Waals surface area contributed by atoms with Crippen LogP contribution in [0.4, 0.5) is 10.3 Å². The number of halogens is 1. The second kappa shape index (κ2) is 8.19. The van der Waals surface area contributed by atoms with Crippen LogP contribution in [0.5, 0.6) is 5.75 Å². The van der Waals surface area contributed by atoms with Crippen molar-refractivity contribution >= 4 is 11.6 Å². The highest BCUT2D eigenvalue weighted by molar-refractivity contribution is 5.80. The van der Waals surface area contributed by atoms with Crippen LogP contribution >= 0.6 is 0 Å². The van der Waals surface area contributed by atoms with Crippen molar-refractivity contribution in [3.8, 4) is 16.9 Å². The maximum absolute atomic E-state index is 14.5. The molecular formula is C22H24FN7O2. The van der Waals surface area contributed by atoms with Gasteiger partial charge in [-0.25, -0.2) is 9.37 Å². The van der Waals surface area contributed by atoms with Gasteiger partial charge in [-0.1, -0.05) is 0 Å². The summed E-state index contributed by atoms with van der Waals surface area (Å²) in [6.07, 6.45) is 4.06. The summed E-state index contributed by atoms with van der Waals surface area (Å²) in [4.78, 5) is 4.60. The van der Waals surface area contributed by atoms with Crippen molar-refractivity contribution in [1.29, 1.82) is 0 Å². The van der Waals surface area contributed by atoms with Gasteiger partial charge in [0, 0.05) is 54.2 Å². The molecule has 1 aliphatic heterocycles. The minimum Gasteiger partial charge on any atom is -0.493 e. The molecule has 1 N–H and O–H groups in total. The SMILES string of the molecule is COCCn1nc(C)c(-c2cnc(NCc3c(F)ccc4c3CCO4)n3cnnc23)c1C. The summed E-state index contributed by atoms with van der Waals surface area (Å²) < 4.78 is 29.0. The summed E-state index contributed by atoms with van der Waals surface area (Å²) >= 11 is 0. The molecule has 0 spiro atoms. The van der Waals surface area contributed by atoms with Gasteiger partial charge < -0.3 is 14.8 Å². The normalized spacial score (nSPS) is 12.9. The number of ether oxygens (including phenoxy) is 2. The van der Waals surface area contributed by atoms with E-state index < -0.39 is 0 Å². The second-order valence-electron chi connectivity index (χ2n) is 7.74. The molecule has 9 nitrogen and oxygen atoms in total. The quantitative estimate of drug-likeness (QED) is 0.475. The number of nitrogens with zero attached hydrogens (tertiary/aromatic N) is 6. The predicted molar refractivity (Wildman–Crippen MR) is 116 cm³/mol. The molecule has 10 heteroatoms. The van der Waals surface area contributed by atoms with Crippen molar-refractivity contribution in [3.05, 3.63) is 53.0 Å². The highest BCUT2D eigenvalue weighted by atomic mass is 19.1. The molecular weight excluding hydrogens is 413 g/mol. The third-order valence-corrected chi connectivity index (χ3v) is 5.85. The van der Waals surface area contributed by atoms with Gasteiger partial charge in [0.25, 0.3) is 0 Å². The molecule has 0 amide bonds. The van der Waals surface area contributed by atoms with Crippen molar-refractivity contribution in [2.24, 2.45) is 0 Å². The number of hydrogen-bond donors (Lipinski definition) is 1. The zero-order chi connectivity index (χ0) is 22.2. The molecule has 0 aliphatic carbocycles. The van der Waals surface area contributed by atoms with Gasteiger partial charge in [-0.05, 0) is 26.0 Å². The molecule has 0 fully saturated rings. The van der Waals surface area contributed by atoms with E-state index in [1.54, 1.807) is 30.1 Å². The lowest BCUT2D eigenvalue weighted by molar-refractivity contribution is 0.182. The Hall–Kier alpha value is -3.53. The van der Waals surface area contributed by atoms with Crippen LogP contribution in [0.25, 0.3) is 16.8 Å². The Labute approximate surface area is 184 Å². The maximum Gasteiger partial charge on any atom is 0.210 e. The molecule has 0 unspecified atom stereocenters. The molecule has 32 heavy (non-hydrogen) atoms. The number of rotatable bonds is 7. The number of benzene rings is 1. The van der Waals surface area contributed by atoms with Crippen molar-refractivity contribution in [3.63, 3.8) is 0 Å². The van der Waals surface area contributed by atoms with Crippen LogP contribution in [0, 0.1) is 19.7 Å². The zero-order valence-corrected chi connectivity index (χ0v) is 18.2. The van der Waals surface area contributed by atoms with Crippen LogP contribution in [-0.2, 0) is 24.2 Å². The second-order valence-corrected chi connectivity index (χ2v) is 7.74. The molecule has 1 aliphatic rings. The molecule has 1 aromatic carbocycles. The average Bonchev–Trinajstić information content (AvgIpc) is 3.51. The van der Waals surface area contributed by atoms with E-state index in [0.717, 1.165) is 33.8 Å². The van der Waals surface area contributed by atoms with Gasteiger partial charge in [0.15, 0.2) is 5.65 Å². The average molecular weight is 437 g/mol.